The molecule has 2 N–H and O–H groups in total. The van der Waals surface area contributed by atoms with Crippen molar-refractivity contribution in [3.05, 3.63) is 36.2 Å². The lowest BCUT2D eigenvalue weighted by Gasteiger charge is -2.38. The van der Waals surface area contributed by atoms with Crippen LogP contribution in [-0.4, -0.2) is 82.5 Å². The highest BCUT2D eigenvalue weighted by molar-refractivity contribution is 5.81. The van der Waals surface area contributed by atoms with Crippen LogP contribution in [0.4, 0.5) is 0 Å². The second kappa shape index (κ2) is 9.57. The molecule has 3 heterocycles. The van der Waals surface area contributed by atoms with Crippen LogP contribution < -0.4 is 5.73 Å². The molecule has 2 aliphatic heterocycles. The molecular formula is C22H30N6O3. The number of amides is 2. The molecule has 2 fully saturated rings. The lowest BCUT2D eigenvalue weighted by atomic mass is 9.97. The molecule has 0 bridgehead atoms. The molecule has 1 aromatic carbocycles. The van der Waals surface area contributed by atoms with Gasteiger partial charge in [-0.2, -0.15) is 4.98 Å². The van der Waals surface area contributed by atoms with E-state index < -0.39 is 0 Å². The number of carbonyl (C=O) groups excluding carboxylic acids is 2. The van der Waals surface area contributed by atoms with E-state index in [2.05, 4.69) is 26.9 Å². The number of nitrogens with zero attached hydrogens (tertiary/aromatic N) is 5. The molecule has 2 aromatic rings. The Kier molecular flexibility index (Phi) is 6.62. The summed E-state index contributed by atoms with van der Waals surface area (Å²) >= 11 is 0. The number of primary amides is 1. The Morgan fingerprint density at radius 3 is 2.61 bits per heavy atom. The van der Waals surface area contributed by atoms with E-state index in [-0.39, 0.29) is 23.8 Å². The van der Waals surface area contributed by atoms with Crippen LogP contribution in [0.2, 0.25) is 0 Å². The van der Waals surface area contributed by atoms with Gasteiger partial charge in [0.1, 0.15) is 0 Å². The molecule has 9 nitrogen and oxygen atoms in total. The summed E-state index contributed by atoms with van der Waals surface area (Å²) in [5.41, 5.74) is 6.36. The van der Waals surface area contributed by atoms with E-state index in [1.54, 1.807) is 4.90 Å². The number of likely N-dealkylation sites (tertiary alicyclic amines) is 1. The minimum atomic E-state index is -0.309. The summed E-state index contributed by atoms with van der Waals surface area (Å²) in [7, 11) is 0. The van der Waals surface area contributed by atoms with Gasteiger partial charge in [0.2, 0.25) is 23.5 Å². The molecular weight excluding hydrogens is 396 g/mol. The fourth-order valence-electron chi connectivity index (χ4n) is 4.30. The van der Waals surface area contributed by atoms with Crippen molar-refractivity contribution in [3.63, 3.8) is 0 Å². The molecule has 31 heavy (non-hydrogen) atoms. The molecule has 0 aliphatic carbocycles. The lowest BCUT2D eigenvalue weighted by molar-refractivity contribution is -0.136. The van der Waals surface area contributed by atoms with Crippen molar-refractivity contribution in [3.8, 4) is 11.4 Å². The Balaban J connectivity index is 1.27. The monoisotopic (exact) mass is 426 g/mol. The van der Waals surface area contributed by atoms with E-state index in [0.717, 1.165) is 44.6 Å². The Bertz CT molecular complexity index is 894. The maximum absolute atomic E-state index is 12.7. The summed E-state index contributed by atoms with van der Waals surface area (Å²) < 4.78 is 5.52. The van der Waals surface area contributed by atoms with E-state index in [9.17, 15) is 9.59 Å². The highest BCUT2D eigenvalue weighted by Gasteiger charge is 2.30. The van der Waals surface area contributed by atoms with Gasteiger partial charge in [-0.1, -0.05) is 35.5 Å². The summed E-state index contributed by atoms with van der Waals surface area (Å²) in [5.74, 6) is 0.760. The van der Waals surface area contributed by atoms with Crippen LogP contribution in [-0.2, 0) is 9.59 Å². The Morgan fingerprint density at radius 2 is 1.90 bits per heavy atom. The number of nitrogens with two attached hydrogens (primary N) is 1. The molecule has 2 atom stereocenters. The number of benzene rings is 1. The first-order valence-electron chi connectivity index (χ1n) is 10.9. The largest absolute Gasteiger partial charge is 0.369 e. The molecule has 9 heteroatoms. The summed E-state index contributed by atoms with van der Waals surface area (Å²) in [6.45, 7) is 6.84. The van der Waals surface area contributed by atoms with Crippen LogP contribution in [0.5, 0.6) is 0 Å². The predicted molar refractivity (Wildman–Crippen MR) is 115 cm³/mol. The maximum Gasteiger partial charge on any atom is 0.244 e. The van der Waals surface area contributed by atoms with Crippen molar-refractivity contribution in [2.24, 2.45) is 11.7 Å². The first kappa shape index (κ1) is 21.5. The van der Waals surface area contributed by atoms with Crippen LogP contribution in [0, 0.1) is 5.92 Å². The van der Waals surface area contributed by atoms with Crippen molar-refractivity contribution in [2.45, 2.75) is 25.8 Å². The normalized spacial score (nSPS) is 21.7. The van der Waals surface area contributed by atoms with Gasteiger partial charge in [-0.15, -0.1) is 0 Å². The van der Waals surface area contributed by atoms with Gasteiger partial charge in [0.05, 0.1) is 18.5 Å². The first-order valence-corrected chi connectivity index (χ1v) is 10.9. The van der Waals surface area contributed by atoms with E-state index >= 15 is 0 Å². The van der Waals surface area contributed by atoms with Gasteiger partial charge in [0.25, 0.3) is 0 Å². The molecule has 4 rings (SSSR count). The number of hydrogen-bond acceptors (Lipinski definition) is 7. The number of hydrogen-bond donors (Lipinski definition) is 1. The number of piperazine rings is 1. The smallest absolute Gasteiger partial charge is 0.244 e. The van der Waals surface area contributed by atoms with E-state index in [0.29, 0.717) is 31.3 Å². The minimum absolute atomic E-state index is 0.0150. The standard InChI is InChI=1S/C22H30N6O3/c1-16(22-24-21(25-31-22)17-6-3-2-4-7-17)27-12-10-26(11-13-27)15-19(29)28-9-5-8-18(14-28)20(23)30/h2-4,6-7,16,18H,5,8-15H2,1H3,(H2,23,30). The van der Waals surface area contributed by atoms with Gasteiger partial charge in [-0.05, 0) is 19.8 Å². The highest BCUT2D eigenvalue weighted by Crippen LogP contribution is 2.23. The Hall–Kier alpha value is -2.78. The number of piperidine rings is 1. The number of rotatable bonds is 6. The van der Waals surface area contributed by atoms with Gasteiger partial charge in [-0.3, -0.25) is 19.4 Å². The van der Waals surface area contributed by atoms with E-state index in [1.165, 1.54) is 0 Å². The average Bonchev–Trinajstić information content (AvgIpc) is 3.30. The fourth-order valence-corrected chi connectivity index (χ4v) is 4.30. The zero-order valence-corrected chi connectivity index (χ0v) is 17.9. The summed E-state index contributed by atoms with van der Waals surface area (Å²) in [6, 6.07) is 9.80. The second-order valence-electron chi connectivity index (χ2n) is 8.39. The Morgan fingerprint density at radius 1 is 1.16 bits per heavy atom. The third-order valence-electron chi connectivity index (χ3n) is 6.32. The predicted octanol–water partition coefficient (Wildman–Crippen LogP) is 1.14. The van der Waals surface area contributed by atoms with Crippen molar-refractivity contribution in [1.82, 2.24) is 24.8 Å². The van der Waals surface area contributed by atoms with Gasteiger partial charge >= 0.3 is 0 Å². The van der Waals surface area contributed by atoms with Crippen molar-refractivity contribution in [1.29, 1.82) is 0 Å². The average molecular weight is 427 g/mol. The maximum atomic E-state index is 12.7. The van der Waals surface area contributed by atoms with Gasteiger partial charge in [-0.25, -0.2) is 0 Å². The fraction of sp³-hybridized carbons (Fsp3) is 0.545. The Labute approximate surface area is 182 Å². The molecule has 2 unspecified atom stereocenters. The summed E-state index contributed by atoms with van der Waals surface area (Å²) in [5, 5.41) is 4.12. The van der Waals surface area contributed by atoms with Crippen molar-refractivity contribution in [2.75, 3.05) is 45.8 Å². The SMILES string of the molecule is CC(c1nc(-c2ccccc2)no1)N1CCN(CC(=O)N2CCCC(C(N)=O)C2)CC1. The van der Waals surface area contributed by atoms with E-state index in [4.69, 9.17) is 10.3 Å². The van der Waals surface area contributed by atoms with Gasteiger partial charge in [0.15, 0.2) is 0 Å². The van der Waals surface area contributed by atoms with Crippen LogP contribution in [0.3, 0.4) is 0 Å². The number of carbonyl (C=O) groups is 2. The third kappa shape index (κ3) is 5.11. The van der Waals surface area contributed by atoms with Gasteiger partial charge < -0.3 is 15.2 Å². The molecule has 1 aromatic heterocycles. The van der Waals surface area contributed by atoms with Crippen LogP contribution in [0.1, 0.15) is 31.7 Å². The highest BCUT2D eigenvalue weighted by atomic mass is 16.5. The first-order chi connectivity index (χ1) is 15.0. The molecule has 166 valence electrons. The molecule has 0 radical (unpaired) electrons. The second-order valence-corrected chi connectivity index (χ2v) is 8.39. The number of aromatic nitrogens is 2. The molecule has 0 saturated carbocycles. The third-order valence-corrected chi connectivity index (χ3v) is 6.32. The van der Waals surface area contributed by atoms with Crippen LogP contribution in [0.25, 0.3) is 11.4 Å². The van der Waals surface area contributed by atoms with Crippen molar-refractivity contribution < 1.29 is 14.1 Å². The molecule has 0 spiro atoms. The quantitative estimate of drug-likeness (QED) is 0.738. The zero-order chi connectivity index (χ0) is 21.8. The molecule has 2 amide bonds. The zero-order valence-electron chi connectivity index (χ0n) is 17.9. The summed E-state index contributed by atoms with van der Waals surface area (Å²) in [4.78, 5) is 35.0. The minimum Gasteiger partial charge on any atom is -0.369 e. The molecule has 2 saturated heterocycles. The summed E-state index contributed by atoms with van der Waals surface area (Å²) in [6.07, 6.45) is 1.61. The topological polar surface area (TPSA) is 109 Å². The lowest BCUT2D eigenvalue weighted by Crippen LogP contribution is -2.52. The van der Waals surface area contributed by atoms with E-state index in [1.807, 2.05) is 30.3 Å². The van der Waals surface area contributed by atoms with Crippen LogP contribution in [0.15, 0.2) is 34.9 Å². The van der Waals surface area contributed by atoms with Crippen molar-refractivity contribution >= 4 is 11.8 Å². The molecule has 2 aliphatic rings. The van der Waals surface area contributed by atoms with Crippen LogP contribution >= 0.6 is 0 Å². The van der Waals surface area contributed by atoms with Gasteiger partial charge in [0, 0.05) is 44.8 Å².